The van der Waals surface area contributed by atoms with Gasteiger partial charge < -0.3 is 5.11 Å². The summed E-state index contributed by atoms with van der Waals surface area (Å²) in [5, 5.41) is 9.06. The largest absolute Gasteiger partial charge is 0.395 e. The van der Waals surface area contributed by atoms with E-state index in [1.165, 1.54) is 14.7 Å². The molecule has 1 radical (unpaired) electrons. The van der Waals surface area contributed by atoms with E-state index in [0.29, 0.717) is 0 Å². The molecule has 1 nitrogen and oxygen atoms in total. The van der Waals surface area contributed by atoms with Crippen molar-refractivity contribution in [3.8, 4) is 0 Å². The van der Waals surface area contributed by atoms with Gasteiger partial charge in [-0.15, -0.1) is 0 Å². The number of hydrogen-bond acceptors (Lipinski definition) is 1. The van der Waals surface area contributed by atoms with Gasteiger partial charge in [0, 0.05) is 9.49 Å². The molecule has 0 aromatic heterocycles. The highest BCUT2D eigenvalue weighted by atomic mass is 127. The van der Waals surface area contributed by atoms with Crippen LogP contribution in [0.2, 0.25) is 0 Å². The Hall–Kier alpha value is -0.0900. The van der Waals surface area contributed by atoms with Crippen LogP contribution in [0.5, 0.6) is 0 Å². The van der Waals surface area contributed by atoms with Gasteiger partial charge in [-0.2, -0.15) is 0 Å². The highest BCUT2D eigenvalue weighted by Gasteiger charge is 2.06. The summed E-state index contributed by atoms with van der Waals surface area (Å²) in [6.07, 6.45) is 2.28. The van der Waals surface area contributed by atoms with Gasteiger partial charge in [-0.25, -0.2) is 0 Å². The molecule has 0 aliphatic carbocycles. The van der Waals surface area contributed by atoms with E-state index in [2.05, 4.69) is 47.7 Å². The predicted molar refractivity (Wildman–Crippen MR) is 68.3 cm³/mol. The maximum absolute atomic E-state index is 9.06. The lowest BCUT2D eigenvalue weighted by Gasteiger charge is -2.10. The van der Waals surface area contributed by atoms with Crippen LogP contribution in [0.3, 0.4) is 0 Å². The molecule has 0 bridgehead atoms. The summed E-state index contributed by atoms with van der Waals surface area (Å²) in [5.74, 6) is 1.04. The zero-order chi connectivity index (χ0) is 10.6. The summed E-state index contributed by atoms with van der Waals surface area (Å²) in [5.41, 5.74) is 2.53. The van der Waals surface area contributed by atoms with Gasteiger partial charge in [0.25, 0.3) is 0 Å². The fourth-order valence-corrected chi connectivity index (χ4v) is 2.16. The van der Waals surface area contributed by atoms with Crippen molar-refractivity contribution in [1.29, 1.82) is 0 Å². The number of halogens is 1. The van der Waals surface area contributed by atoms with Crippen LogP contribution in [0.1, 0.15) is 31.4 Å². The molecule has 1 aromatic carbocycles. The molecule has 0 heterocycles. The van der Waals surface area contributed by atoms with Crippen LogP contribution in [0.25, 0.3) is 0 Å². The zero-order valence-electron chi connectivity index (χ0n) is 8.68. The third kappa shape index (κ3) is 3.24. The Bertz CT molecular complexity index is 296. The molecule has 0 amide bonds. The Morgan fingerprint density at radius 3 is 2.64 bits per heavy atom. The van der Waals surface area contributed by atoms with E-state index in [1.54, 1.807) is 0 Å². The van der Waals surface area contributed by atoms with Crippen LogP contribution in [0, 0.1) is 9.49 Å². The smallest absolute Gasteiger partial charge is 0.0534 e. The maximum atomic E-state index is 9.06. The van der Waals surface area contributed by atoms with Gasteiger partial charge >= 0.3 is 0 Å². The molecule has 0 atom stereocenters. The number of aliphatic hydroxyl groups is 1. The SMILES string of the molecule is CCCc1cc(I)cc([C](C)CO)c1. The van der Waals surface area contributed by atoms with Gasteiger partial charge in [-0.3, -0.25) is 0 Å². The Kier molecular flexibility index (Phi) is 4.89. The molecule has 0 fully saturated rings. The van der Waals surface area contributed by atoms with Crippen LogP contribution in [-0.4, -0.2) is 11.7 Å². The topological polar surface area (TPSA) is 20.2 Å². The Labute approximate surface area is 99.7 Å². The predicted octanol–water partition coefficient (Wildman–Crippen LogP) is 3.18. The number of aliphatic hydroxyl groups excluding tert-OH is 1. The minimum Gasteiger partial charge on any atom is -0.395 e. The second kappa shape index (κ2) is 5.71. The lowest BCUT2D eigenvalue weighted by Crippen LogP contribution is -2.01. The van der Waals surface area contributed by atoms with Crippen molar-refractivity contribution in [2.75, 3.05) is 6.61 Å². The maximum Gasteiger partial charge on any atom is 0.0534 e. The lowest BCUT2D eigenvalue weighted by atomic mass is 9.98. The van der Waals surface area contributed by atoms with Crippen LogP contribution < -0.4 is 0 Å². The summed E-state index contributed by atoms with van der Waals surface area (Å²) < 4.78 is 1.25. The van der Waals surface area contributed by atoms with Gasteiger partial charge in [-0.05, 0) is 52.3 Å². The highest BCUT2D eigenvalue weighted by Crippen LogP contribution is 2.20. The number of hydrogen-bond donors (Lipinski definition) is 1. The first kappa shape index (κ1) is 12.0. The van der Waals surface area contributed by atoms with Crippen molar-refractivity contribution in [3.63, 3.8) is 0 Å². The molecule has 0 spiro atoms. The van der Waals surface area contributed by atoms with Crippen LogP contribution in [0.15, 0.2) is 18.2 Å². The van der Waals surface area contributed by atoms with Gasteiger partial charge in [0.15, 0.2) is 0 Å². The average molecular weight is 303 g/mol. The standard InChI is InChI=1S/C12H16IO/c1-3-4-10-5-11(9(2)8-14)7-12(13)6-10/h5-7,14H,3-4,8H2,1-2H3. The Morgan fingerprint density at radius 2 is 2.07 bits per heavy atom. The highest BCUT2D eigenvalue weighted by molar-refractivity contribution is 14.1. The molecule has 0 unspecified atom stereocenters. The van der Waals surface area contributed by atoms with E-state index < -0.39 is 0 Å². The molecular weight excluding hydrogens is 287 g/mol. The van der Waals surface area contributed by atoms with Crippen molar-refractivity contribution in [2.24, 2.45) is 0 Å². The minimum atomic E-state index is 0.145. The third-order valence-corrected chi connectivity index (χ3v) is 2.85. The molecule has 0 aliphatic heterocycles. The van der Waals surface area contributed by atoms with Crippen LogP contribution in [-0.2, 0) is 6.42 Å². The third-order valence-electron chi connectivity index (χ3n) is 2.23. The quantitative estimate of drug-likeness (QED) is 0.847. The molecule has 0 saturated heterocycles. The molecule has 1 aromatic rings. The zero-order valence-corrected chi connectivity index (χ0v) is 10.8. The van der Waals surface area contributed by atoms with E-state index in [0.717, 1.165) is 18.8 Å². The van der Waals surface area contributed by atoms with Gasteiger partial charge in [-0.1, -0.05) is 26.3 Å². The molecule has 0 saturated carbocycles. The summed E-state index contributed by atoms with van der Waals surface area (Å²) in [4.78, 5) is 0. The van der Waals surface area contributed by atoms with Crippen molar-refractivity contribution in [3.05, 3.63) is 38.8 Å². The lowest BCUT2D eigenvalue weighted by molar-refractivity contribution is 0.315. The first-order chi connectivity index (χ1) is 6.67. The second-order valence-electron chi connectivity index (χ2n) is 3.54. The molecule has 1 N–H and O–H groups in total. The first-order valence-electron chi connectivity index (χ1n) is 4.90. The van der Waals surface area contributed by atoms with Crippen LogP contribution in [0.4, 0.5) is 0 Å². The van der Waals surface area contributed by atoms with Gasteiger partial charge in [0.1, 0.15) is 0 Å². The first-order valence-corrected chi connectivity index (χ1v) is 5.98. The van der Waals surface area contributed by atoms with Gasteiger partial charge in [0.2, 0.25) is 0 Å². The van der Waals surface area contributed by atoms with Crippen LogP contribution >= 0.6 is 22.6 Å². The molecule has 0 aliphatic rings. The Morgan fingerprint density at radius 1 is 1.36 bits per heavy atom. The molecule has 1 rings (SSSR count). The molecular formula is C12H16IO. The van der Waals surface area contributed by atoms with E-state index in [-0.39, 0.29) is 6.61 Å². The summed E-state index contributed by atoms with van der Waals surface area (Å²) in [6, 6.07) is 6.50. The number of aryl methyl sites for hydroxylation is 1. The van der Waals surface area contributed by atoms with E-state index >= 15 is 0 Å². The van der Waals surface area contributed by atoms with E-state index in [1.807, 2.05) is 6.92 Å². The molecule has 14 heavy (non-hydrogen) atoms. The Balaban J connectivity index is 2.94. The van der Waals surface area contributed by atoms with E-state index in [9.17, 15) is 0 Å². The normalized spacial score (nSPS) is 10.9. The second-order valence-corrected chi connectivity index (χ2v) is 4.78. The average Bonchev–Trinajstić information content (AvgIpc) is 2.16. The van der Waals surface area contributed by atoms with E-state index in [4.69, 9.17) is 5.11 Å². The summed E-state index contributed by atoms with van der Waals surface area (Å²) in [6.45, 7) is 4.30. The number of benzene rings is 1. The van der Waals surface area contributed by atoms with Gasteiger partial charge in [0.05, 0.1) is 6.61 Å². The number of rotatable bonds is 4. The molecule has 2 heteroatoms. The summed E-state index contributed by atoms with van der Waals surface area (Å²) >= 11 is 2.33. The monoisotopic (exact) mass is 303 g/mol. The van der Waals surface area contributed by atoms with Crippen molar-refractivity contribution >= 4 is 22.6 Å². The van der Waals surface area contributed by atoms with Crippen molar-refractivity contribution in [2.45, 2.75) is 26.7 Å². The fourth-order valence-electron chi connectivity index (χ4n) is 1.42. The van der Waals surface area contributed by atoms with Crippen molar-refractivity contribution in [1.82, 2.24) is 0 Å². The fraction of sp³-hybridized carbons (Fsp3) is 0.417. The van der Waals surface area contributed by atoms with Crippen molar-refractivity contribution < 1.29 is 5.11 Å². The minimum absolute atomic E-state index is 0.145. The summed E-state index contributed by atoms with van der Waals surface area (Å²) in [7, 11) is 0. The molecule has 77 valence electrons.